The van der Waals surface area contributed by atoms with Crippen molar-refractivity contribution < 1.29 is 4.79 Å². The van der Waals surface area contributed by atoms with E-state index in [1.165, 1.54) is 0 Å². The van der Waals surface area contributed by atoms with Crippen LogP contribution in [0.25, 0.3) is 5.65 Å². The highest BCUT2D eigenvalue weighted by Crippen LogP contribution is 2.33. The normalized spacial score (nSPS) is 16.5. The summed E-state index contributed by atoms with van der Waals surface area (Å²) in [6, 6.07) is 7.20. The number of rotatable bonds is 2. The second kappa shape index (κ2) is 6.01. The van der Waals surface area contributed by atoms with Crippen molar-refractivity contribution >= 4 is 11.6 Å². The first-order chi connectivity index (χ1) is 13.2. The van der Waals surface area contributed by atoms with Crippen molar-refractivity contribution in [3.8, 4) is 0 Å². The van der Waals surface area contributed by atoms with Gasteiger partial charge in [-0.3, -0.25) is 9.78 Å². The van der Waals surface area contributed by atoms with E-state index in [1.807, 2.05) is 36.1 Å². The molecule has 8 nitrogen and oxygen atoms in total. The van der Waals surface area contributed by atoms with Crippen LogP contribution in [0.2, 0.25) is 0 Å². The maximum absolute atomic E-state index is 13.5. The quantitative estimate of drug-likeness (QED) is 0.590. The number of amides is 1. The van der Waals surface area contributed by atoms with Crippen LogP contribution in [0.3, 0.4) is 0 Å². The largest absolute Gasteiger partial charge is 0.348 e. The molecule has 5 heterocycles. The first-order valence-corrected chi connectivity index (χ1v) is 8.77. The van der Waals surface area contributed by atoms with E-state index in [0.29, 0.717) is 12.1 Å². The summed E-state index contributed by atoms with van der Waals surface area (Å²) in [6.45, 7) is 2.46. The van der Waals surface area contributed by atoms with Crippen LogP contribution in [0.15, 0.2) is 49.2 Å². The second-order valence-electron chi connectivity index (χ2n) is 6.53. The van der Waals surface area contributed by atoms with Gasteiger partial charge < -0.3 is 9.88 Å². The van der Waals surface area contributed by atoms with E-state index in [-0.39, 0.29) is 11.9 Å². The van der Waals surface area contributed by atoms with Gasteiger partial charge in [-0.15, -0.1) is 0 Å². The van der Waals surface area contributed by atoms with Crippen LogP contribution in [-0.4, -0.2) is 46.9 Å². The fourth-order valence-corrected chi connectivity index (χ4v) is 3.69. The van der Waals surface area contributed by atoms with Crippen molar-refractivity contribution in [3.63, 3.8) is 0 Å². The molecule has 0 spiro atoms. The van der Waals surface area contributed by atoms with Crippen LogP contribution < -0.4 is 0 Å². The van der Waals surface area contributed by atoms with Gasteiger partial charge in [0.25, 0.3) is 5.91 Å². The lowest BCUT2D eigenvalue weighted by Crippen LogP contribution is -2.41. The summed E-state index contributed by atoms with van der Waals surface area (Å²) >= 11 is 0. The highest BCUT2D eigenvalue weighted by Gasteiger charge is 2.36. The topological polar surface area (TPSA) is 92.1 Å². The van der Waals surface area contributed by atoms with E-state index in [0.717, 1.165) is 34.8 Å². The van der Waals surface area contributed by atoms with E-state index < -0.39 is 0 Å². The Morgan fingerprint density at radius 2 is 2.11 bits per heavy atom. The summed E-state index contributed by atoms with van der Waals surface area (Å²) in [4.78, 5) is 31.8. The molecule has 0 aliphatic carbocycles. The first-order valence-electron chi connectivity index (χ1n) is 8.77. The molecule has 1 amide bonds. The molecule has 5 rings (SSSR count). The van der Waals surface area contributed by atoms with E-state index in [9.17, 15) is 4.79 Å². The van der Waals surface area contributed by atoms with E-state index in [2.05, 4.69) is 25.0 Å². The van der Waals surface area contributed by atoms with Gasteiger partial charge >= 0.3 is 0 Å². The Morgan fingerprint density at radius 1 is 1.19 bits per heavy atom. The number of nitrogens with one attached hydrogen (secondary N) is 1. The number of pyridine rings is 1. The van der Waals surface area contributed by atoms with Gasteiger partial charge in [-0.1, -0.05) is 6.07 Å². The standard InChI is InChI=1S/C19H17N7O/c1-12-13(10-21-16-5-8-24-26(12)16)19(27)25-9-6-14-17(23-11-22-14)18(25)15-4-2-3-7-20-15/h2-5,7-8,10-11,18H,6,9H2,1H3,(H,22,23)/t18-/m0/s1. The summed E-state index contributed by atoms with van der Waals surface area (Å²) in [7, 11) is 0. The molecule has 1 atom stereocenters. The molecule has 0 bridgehead atoms. The Labute approximate surface area is 154 Å². The molecule has 4 aromatic heterocycles. The average Bonchev–Trinajstić information content (AvgIpc) is 3.37. The summed E-state index contributed by atoms with van der Waals surface area (Å²) in [5.41, 5.74) is 4.71. The van der Waals surface area contributed by atoms with E-state index in [1.54, 1.807) is 29.4 Å². The first kappa shape index (κ1) is 15.7. The Bertz CT molecular complexity index is 1130. The van der Waals surface area contributed by atoms with Gasteiger partial charge in [0.05, 0.1) is 35.2 Å². The third-order valence-electron chi connectivity index (χ3n) is 5.04. The minimum absolute atomic E-state index is 0.0956. The predicted molar refractivity (Wildman–Crippen MR) is 97.1 cm³/mol. The van der Waals surface area contributed by atoms with E-state index in [4.69, 9.17) is 0 Å². The molecule has 134 valence electrons. The molecule has 8 heteroatoms. The fourth-order valence-electron chi connectivity index (χ4n) is 3.69. The number of H-pyrrole nitrogens is 1. The molecule has 0 radical (unpaired) electrons. The molecule has 4 aromatic rings. The Hall–Kier alpha value is -3.55. The van der Waals surface area contributed by atoms with Gasteiger partial charge in [-0.25, -0.2) is 14.5 Å². The number of aromatic amines is 1. The molecule has 27 heavy (non-hydrogen) atoms. The number of aryl methyl sites for hydroxylation is 1. The lowest BCUT2D eigenvalue weighted by molar-refractivity contribution is 0.0685. The van der Waals surface area contributed by atoms with Gasteiger partial charge in [0.1, 0.15) is 6.04 Å². The maximum atomic E-state index is 13.5. The number of hydrogen-bond donors (Lipinski definition) is 1. The van der Waals surface area contributed by atoms with Crippen molar-refractivity contribution in [3.05, 3.63) is 77.5 Å². The van der Waals surface area contributed by atoms with Crippen LogP contribution >= 0.6 is 0 Å². The molecule has 0 unspecified atom stereocenters. The molecular weight excluding hydrogens is 342 g/mol. The molecule has 0 saturated carbocycles. The lowest BCUT2D eigenvalue weighted by atomic mass is 9.98. The summed E-state index contributed by atoms with van der Waals surface area (Å²) in [5.74, 6) is -0.0956. The number of carbonyl (C=O) groups is 1. The molecule has 1 N–H and O–H groups in total. The predicted octanol–water partition coefficient (Wildman–Crippen LogP) is 1.94. The van der Waals surface area contributed by atoms with Crippen molar-refractivity contribution in [2.75, 3.05) is 6.54 Å². The highest BCUT2D eigenvalue weighted by atomic mass is 16.2. The zero-order valence-corrected chi connectivity index (χ0v) is 14.7. The number of carbonyl (C=O) groups excluding carboxylic acids is 1. The summed E-state index contributed by atoms with van der Waals surface area (Å²) in [5, 5.41) is 4.27. The zero-order chi connectivity index (χ0) is 18.4. The zero-order valence-electron chi connectivity index (χ0n) is 14.7. The highest BCUT2D eigenvalue weighted by molar-refractivity contribution is 5.95. The Morgan fingerprint density at radius 3 is 2.96 bits per heavy atom. The van der Waals surface area contributed by atoms with Crippen LogP contribution in [-0.2, 0) is 6.42 Å². The van der Waals surface area contributed by atoms with Crippen LogP contribution in [0.4, 0.5) is 0 Å². The van der Waals surface area contributed by atoms with Crippen LogP contribution in [0.5, 0.6) is 0 Å². The van der Waals surface area contributed by atoms with Crippen molar-refractivity contribution in [2.45, 2.75) is 19.4 Å². The second-order valence-corrected chi connectivity index (χ2v) is 6.53. The molecule has 0 saturated heterocycles. The van der Waals surface area contributed by atoms with Crippen LogP contribution in [0, 0.1) is 6.92 Å². The SMILES string of the molecule is Cc1c(C(=O)N2CCc3[nH]cnc3[C@@H]2c2ccccn2)cnc2ccnn12. The van der Waals surface area contributed by atoms with Gasteiger partial charge in [0.15, 0.2) is 5.65 Å². The van der Waals surface area contributed by atoms with Crippen molar-refractivity contribution in [2.24, 2.45) is 0 Å². The number of aromatic nitrogens is 6. The number of hydrogen-bond acceptors (Lipinski definition) is 5. The van der Waals surface area contributed by atoms with Gasteiger partial charge in [0, 0.05) is 37.1 Å². The van der Waals surface area contributed by atoms with Crippen molar-refractivity contribution in [1.82, 2.24) is 34.4 Å². The smallest absolute Gasteiger partial charge is 0.258 e. The maximum Gasteiger partial charge on any atom is 0.258 e. The molecule has 1 aliphatic rings. The van der Waals surface area contributed by atoms with E-state index >= 15 is 0 Å². The minimum atomic E-state index is -0.332. The molecule has 0 fully saturated rings. The molecule has 0 aromatic carbocycles. The average molecular weight is 359 g/mol. The fraction of sp³-hybridized carbons (Fsp3) is 0.211. The molecule has 1 aliphatic heterocycles. The number of nitrogens with zero attached hydrogens (tertiary/aromatic N) is 6. The van der Waals surface area contributed by atoms with Crippen molar-refractivity contribution in [1.29, 1.82) is 0 Å². The minimum Gasteiger partial charge on any atom is -0.348 e. The van der Waals surface area contributed by atoms with Gasteiger partial charge in [0.2, 0.25) is 0 Å². The summed E-state index contributed by atoms with van der Waals surface area (Å²) in [6.07, 6.45) is 7.45. The Kier molecular flexibility index (Phi) is 3.49. The lowest BCUT2D eigenvalue weighted by Gasteiger charge is -2.34. The monoisotopic (exact) mass is 359 g/mol. The Balaban J connectivity index is 1.62. The van der Waals surface area contributed by atoms with Gasteiger partial charge in [-0.2, -0.15) is 5.10 Å². The summed E-state index contributed by atoms with van der Waals surface area (Å²) < 4.78 is 1.69. The third kappa shape index (κ3) is 2.41. The van der Waals surface area contributed by atoms with Gasteiger partial charge in [-0.05, 0) is 19.1 Å². The third-order valence-corrected chi connectivity index (χ3v) is 5.04. The number of imidazole rings is 1. The molecular formula is C19H17N7O. The number of fused-ring (bicyclic) bond motifs is 2. The van der Waals surface area contributed by atoms with Crippen LogP contribution in [0.1, 0.15) is 39.2 Å².